The van der Waals surface area contributed by atoms with Crippen LogP contribution >= 0.6 is 0 Å². The Labute approximate surface area is 696 Å². The highest BCUT2D eigenvalue weighted by atomic mass is 15.3. The van der Waals surface area contributed by atoms with E-state index >= 15 is 0 Å². The second kappa shape index (κ2) is 32.8. The predicted octanol–water partition coefficient (Wildman–Crippen LogP) is 28.3. The summed E-state index contributed by atoms with van der Waals surface area (Å²) < 4.78 is 0. The first-order valence-corrected chi connectivity index (χ1v) is 55.4. The Bertz CT molecular complexity index is 2860. The number of hydrogen-bond donors (Lipinski definition) is 0. The molecular weight excluding hydrogens is 1360 g/mol. The van der Waals surface area contributed by atoms with Gasteiger partial charge >= 0.3 is 0 Å². The van der Waals surface area contributed by atoms with Gasteiger partial charge in [-0.2, -0.15) is 0 Å². The largest absolute Gasteiger partial charge is 0.298 e. The van der Waals surface area contributed by atoms with Crippen LogP contribution in [-0.4, -0.2) is 77.3 Å². The van der Waals surface area contributed by atoms with Gasteiger partial charge in [-0.15, -0.1) is 0 Å². The Morgan fingerprint density at radius 2 is 0.442 bits per heavy atom. The van der Waals surface area contributed by atoms with Crippen LogP contribution in [0.15, 0.2) is 0 Å². The minimum atomic E-state index is 0.854. The van der Waals surface area contributed by atoms with Gasteiger partial charge in [0.25, 0.3) is 0 Å². The van der Waals surface area contributed by atoms with Crippen LogP contribution in [0.3, 0.4) is 0 Å². The lowest BCUT2D eigenvalue weighted by atomic mass is 9.18. The highest BCUT2D eigenvalue weighted by molar-refractivity contribution is 6.65. The molecule has 3 saturated heterocycles. The molecule has 24 fully saturated rings. The molecule has 4 heteroatoms. The SMILES string of the molecule is C1CCC(C2CCCC(C3CCCCC3)C2CN2C3CCC(C4CCC5C6CCCC7CCCC(C8CCCC4C85)C76)CC3B3C4C2CC(CN2C5CCCCC5C5CCCCC52)CC4N(CC2C(C4CCCCC4)CCC[C@@H]2C2CCCCC2)[C@H]2CCC(C4CCC5C6[C@@H]4CCC[C@H]6C4CCCC6CCCC5[C@H]64)CC32)CC1. The summed E-state index contributed by atoms with van der Waals surface area (Å²) in [4.78, 5) is 11.3. The van der Waals surface area contributed by atoms with Crippen LogP contribution in [0.2, 0.25) is 17.5 Å². The second-order valence-electron chi connectivity index (χ2n) is 50.3. The smallest absolute Gasteiger partial charge is 0.156 e. The molecule has 113 heavy (non-hydrogen) atoms. The molecule has 21 aliphatic carbocycles. The van der Waals surface area contributed by atoms with E-state index < -0.39 is 0 Å². The maximum absolute atomic E-state index is 3.90. The van der Waals surface area contributed by atoms with E-state index in [4.69, 9.17) is 0 Å². The van der Waals surface area contributed by atoms with E-state index in [1.54, 1.807) is 424 Å². The van der Waals surface area contributed by atoms with Gasteiger partial charge in [-0.25, -0.2) is 0 Å². The molecule has 0 amide bonds. The molecule has 24 aliphatic rings. The molecule has 0 radical (unpaired) electrons. The van der Waals surface area contributed by atoms with Gasteiger partial charge in [-0.05, 0) is 380 Å². The molecule has 0 aromatic rings. The standard InChI is InChI=1S/C109H176BN3/c1-5-25-69(26-6-1)77-39-21-40-78(70-27-7-2-8-28-70)95(77)66-112-101-59-53-75(81-55-57-93-89-45-19-35-73-33-17-43-87(105(73)89)91-49-23-47-85(81)107(91)93)63-97(101)110-98-64-76(82-56-58-94-90-46-20-36-74-34-18-44-88(106(74)90)92-50-24-48-86(82)108(92)94)54-60-102(98)113(67-96-79(71-29-9-3-10-30-71)41-22-42-80(96)72-31-11-4-12-32-72)104-62-68(61-103(112)109(104)110)65-111-99-51-15-13-37-83(99)84-38-14-16-52-100(84)111/h68-109H,1-67H2/t68?,73?,74?,75?,76?,77-,78?,79?,80?,81?,82?,83?,84?,85-,86?,87?,88?,89?,90?,91+,92?,93?,94?,95?,96?,97?,98?,99?,100?,101+,102?,103?,104?,105-,106?,107?,108?,109?/m1/s1. The minimum absolute atomic E-state index is 0.854. The Hall–Kier alpha value is -0.0551. The zero-order valence-corrected chi connectivity index (χ0v) is 73.5. The van der Waals surface area contributed by atoms with E-state index in [1.807, 2.05) is 0 Å². The van der Waals surface area contributed by atoms with Gasteiger partial charge in [0, 0.05) is 55.9 Å². The zero-order chi connectivity index (χ0) is 73.9. The molecule has 24 rings (SSSR count). The van der Waals surface area contributed by atoms with Gasteiger partial charge < -0.3 is 0 Å². The van der Waals surface area contributed by atoms with E-state index in [0.717, 1.165) is 256 Å². The van der Waals surface area contributed by atoms with Crippen LogP contribution in [0.1, 0.15) is 411 Å². The van der Waals surface area contributed by atoms with Crippen LogP contribution in [0.25, 0.3) is 0 Å². The number of fused-ring (bicyclic) bond motifs is 11. The topological polar surface area (TPSA) is 9.72 Å². The van der Waals surface area contributed by atoms with Crippen LogP contribution in [-0.2, 0) is 0 Å². The van der Waals surface area contributed by atoms with Crippen molar-refractivity contribution in [3.8, 4) is 0 Å². The molecule has 3 nitrogen and oxygen atoms in total. The normalized spacial score (nSPS) is 53.9. The van der Waals surface area contributed by atoms with Crippen molar-refractivity contribution in [2.45, 2.75) is 465 Å². The first-order chi connectivity index (χ1) is 56.1. The van der Waals surface area contributed by atoms with Gasteiger partial charge in [0.1, 0.15) is 0 Å². The molecule has 0 aromatic carbocycles. The molecular formula is C109H176BN3. The fraction of sp³-hybridized carbons (Fsp3) is 1.00. The van der Waals surface area contributed by atoms with Crippen LogP contribution < -0.4 is 0 Å². The van der Waals surface area contributed by atoms with Crippen molar-refractivity contribution >= 4 is 6.71 Å². The van der Waals surface area contributed by atoms with Crippen LogP contribution in [0.5, 0.6) is 0 Å². The summed E-state index contributed by atoms with van der Waals surface area (Å²) in [7, 11) is 0. The van der Waals surface area contributed by atoms with Crippen molar-refractivity contribution in [2.24, 2.45) is 195 Å². The van der Waals surface area contributed by atoms with E-state index in [9.17, 15) is 0 Å². The van der Waals surface area contributed by atoms with E-state index in [1.165, 1.54) is 6.54 Å². The first kappa shape index (κ1) is 76.6. The molecule has 0 aromatic heterocycles. The van der Waals surface area contributed by atoms with E-state index in [-0.39, 0.29) is 0 Å². The maximum atomic E-state index is 3.90. The highest BCUT2D eigenvalue weighted by Gasteiger charge is 2.69. The fourth-order valence-electron chi connectivity index (χ4n) is 44.7. The fourth-order valence-corrected chi connectivity index (χ4v) is 44.7. The molecule has 32 unspecified atom stereocenters. The molecule has 3 heterocycles. The Morgan fingerprint density at radius 1 is 0.168 bits per heavy atom. The summed E-state index contributed by atoms with van der Waals surface area (Å²) in [6.45, 7) is 5.73. The van der Waals surface area contributed by atoms with Gasteiger partial charge in [-0.1, -0.05) is 244 Å². The number of nitrogens with zero attached hydrogens (tertiary/aromatic N) is 3. The van der Waals surface area contributed by atoms with E-state index in [2.05, 4.69) is 14.7 Å². The summed E-state index contributed by atoms with van der Waals surface area (Å²) in [5, 5.41) is 0. The average Bonchev–Trinajstić information content (AvgIpc) is 1.03. The third-order valence-electron chi connectivity index (χ3n) is 47.4. The molecule has 0 bridgehead atoms. The average molecular weight is 1540 g/mol. The summed E-state index contributed by atoms with van der Waals surface area (Å²) >= 11 is 0. The maximum Gasteiger partial charge on any atom is 0.156 e. The predicted molar refractivity (Wildman–Crippen MR) is 471 cm³/mol. The molecule has 0 spiro atoms. The summed E-state index contributed by atoms with van der Waals surface area (Å²) in [6.07, 6.45) is 103. The Kier molecular flexibility index (Phi) is 22.2. The molecule has 21 saturated carbocycles. The Morgan fingerprint density at radius 3 is 0.814 bits per heavy atom. The zero-order valence-electron chi connectivity index (χ0n) is 73.5. The summed E-state index contributed by atoms with van der Waals surface area (Å²) in [5.74, 6) is 38.3. The minimum Gasteiger partial charge on any atom is -0.298 e. The van der Waals surface area contributed by atoms with Crippen molar-refractivity contribution in [1.29, 1.82) is 0 Å². The Balaban J connectivity index is 0.651. The van der Waals surface area contributed by atoms with Crippen molar-refractivity contribution in [2.75, 3.05) is 19.6 Å². The lowest BCUT2D eigenvalue weighted by Crippen LogP contribution is -2.74. The number of rotatable bonds is 12. The summed E-state index contributed by atoms with van der Waals surface area (Å²) in [5.41, 5.74) is 0. The molecule has 37 atom stereocenters. The lowest BCUT2D eigenvalue weighted by molar-refractivity contribution is -0.158. The number of hydrogen-bond acceptors (Lipinski definition) is 3. The van der Waals surface area contributed by atoms with Crippen molar-refractivity contribution in [3.05, 3.63) is 0 Å². The van der Waals surface area contributed by atoms with E-state index in [0.29, 0.717) is 0 Å². The van der Waals surface area contributed by atoms with Crippen LogP contribution in [0.4, 0.5) is 0 Å². The second-order valence-corrected chi connectivity index (χ2v) is 50.3. The van der Waals surface area contributed by atoms with Crippen molar-refractivity contribution in [3.63, 3.8) is 0 Å². The van der Waals surface area contributed by atoms with Crippen molar-refractivity contribution in [1.82, 2.24) is 14.7 Å². The van der Waals surface area contributed by atoms with Gasteiger partial charge in [0.15, 0.2) is 6.71 Å². The molecule has 0 N–H and O–H groups in total. The van der Waals surface area contributed by atoms with Gasteiger partial charge in [-0.3, -0.25) is 14.7 Å². The van der Waals surface area contributed by atoms with Gasteiger partial charge in [0.2, 0.25) is 0 Å². The first-order valence-electron chi connectivity index (χ1n) is 55.4. The molecule has 3 aliphatic heterocycles. The summed E-state index contributed by atoms with van der Waals surface area (Å²) in [6, 6.07) is 5.33. The number of likely N-dealkylation sites (tertiary alicyclic amines) is 1. The third kappa shape index (κ3) is 13.4. The van der Waals surface area contributed by atoms with Gasteiger partial charge in [0.05, 0.1) is 0 Å². The lowest BCUT2D eigenvalue weighted by Gasteiger charge is -2.70. The molecule has 630 valence electrons. The third-order valence-corrected chi connectivity index (χ3v) is 47.4. The van der Waals surface area contributed by atoms with Crippen molar-refractivity contribution < 1.29 is 0 Å². The monoisotopic (exact) mass is 1540 g/mol. The van der Waals surface area contributed by atoms with Crippen LogP contribution in [0, 0.1) is 195 Å². The highest BCUT2D eigenvalue weighted by Crippen LogP contribution is 2.73. The quantitative estimate of drug-likeness (QED) is 0.180.